The second-order valence-electron chi connectivity index (χ2n) is 2.67. The molecule has 0 atom stereocenters. The summed E-state index contributed by atoms with van der Waals surface area (Å²) in [6.07, 6.45) is 0. The number of thiol groups is 1. The number of rotatable bonds is 1. The van der Waals surface area contributed by atoms with Crippen LogP contribution in [0.25, 0.3) is 5.69 Å². The minimum absolute atomic E-state index is 0.104. The Labute approximate surface area is 85.6 Å². The number of phenols is 1. The van der Waals surface area contributed by atoms with E-state index in [1.165, 1.54) is 4.68 Å². The molecule has 0 aliphatic heterocycles. The molecule has 1 aromatic heterocycles. The van der Waals surface area contributed by atoms with Crippen LogP contribution in [0.2, 0.25) is 0 Å². The van der Waals surface area contributed by atoms with Gasteiger partial charge in [0, 0.05) is 0 Å². The number of para-hydroxylation sites is 2. The average Bonchev–Trinajstić information content (AvgIpc) is 2.46. The summed E-state index contributed by atoms with van der Waals surface area (Å²) in [6, 6.07) is 6.75. The van der Waals surface area contributed by atoms with E-state index in [4.69, 9.17) is 5.73 Å². The monoisotopic (exact) mass is 208 g/mol. The first-order valence-corrected chi connectivity index (χ1v) is 4.33. The zero-order valence-corrected chi connectivity index (χ0v) is 8.02. The van der Waals surface area contributed by atoms with Crippen LogP contribution in [0.15, 0.2) is 29.4 Å². The van der Waals surface area contributed by atoms with Gasteiger partial charge < -0.3 is 10.8 Å². The SMILES string of the molecule is Nc1nc(S)n(-c2ccccc2O)n1. The highest BCUT2D eigenvalue weighted by atomic mass is 32.1. The van der Waals surface area contributed by atoms with E-state index in [0.717, 1.165) is 0 Å². The van der Waals surface area contributed by atoms with Gasteiger partial charge in [0.25, 0.3) is 0 Å². The van der Waals surface area contributed by atoms with Crippen molar-refractivity contribution >= 4 is 18.6 Å². The standard InChI is InChI=1S/C8H8N4OS/c9-7-10-8(14)12(11-7)5-3-1-2-4-6(5)13/h1-4,13H,(H3,9,10,11,14). The van der Waals surface area contributed by atoms with Crippen molar-refractivity contribution in [2.24, 2.45) is 0 Å². The molecule has 0 aliphatic carbocycles. The first kappa shape index (κ1) is 8.89. The van der Waals surface area contributed by atoms with Gasteiger partial charge in [-0.3, -0.25) is 0 Å². The molecule has 5 nitrogen and oxygen atoms in total. The predicted molar refractivity (Wildman–Crippen MR) is 54.7 cm³/mol. The molecular formula is C8H8N4OS. The molecule has 2 aromatic rings. The second kappa shape index (κ2) is 3.22. The van der Waals surface area contributed by atoms with Gasteiger partial charge in [-0.25, -0.2) is 4.68 Å². The van der Waals surface area contributed by atoms with Crippen molar-refractivity contribution in [3.8, 4) is 11.4 Å². The third-order valence-electron chi connectivity index (χ3n) is 1.72. The molecular weight excluding hydrogens is 200 g/mol. The van der Waals surface area contributed by atoms with E-state index < -0.39 is 0 Å². The number of hydrogen-bond donors (Lipinski definition) is 3. The summed E-state index contributed by atoms with van der Waals surface area (Å²) in [5.74, 6) is 0.228. The zero-order chi connectivity index (χ0) is 10.1. The van der Waals surface area contributed by atoms with Gasteiger partial charge >= 0.3 is 0 Å². The summed E-state index contributed by atoms with van der Waals surface area (Å²) in [5, 5.41) is 13.8. The molecule has 1 heterocycles. The summed E-state index contributed by atoms with van der Waals surface area (Å²) in [7, 11) is 0. The van der Waals surface area contributed by atoms with Crippen LogP contribution in [0.1, 0.15) is 0 Å². The fraction of sp³-hybridized carbons (Fsp3) is 0. The van der Waals surface area contributed by atoms with Crippen molar-refractivity contribution in [1.29, 1.82) is 0 Å². The molecule has 14 heavy (non-hydrogen) atoms. The van der Waals surface area contributed by atoms with Gasteiger partial charge in [-0.15, -0.1) is 17.7 Å². The molecule has 0 unspecified atom stereocenters. The maximum atomic E-state index is 9.53. The van der Waals surface area contributed by atoms with Crippen LogP contribution < -0.4 is 5.73 Å². The molecule has 3 N–H and O–H groups in total. The van der Waals surface area contributed by atoms with Crippen LogP contribution in [-0.2, 0) is 0 Å². The predicted octanol–water partition coefficient (Wildman–Crippen LogP) is 0.844. The first-order valence-electron chi connectivity index (χ1n) is 3.88. The van der Waals surface area contributed by atoms with E-state index >= 15 is 0 Å². The van der Waals surface area contributed by atoms with Gasteiger partial charge in [0.15, 0.2) is 5.16 Å². The average molecular weight is 208 g/mol. The van der Waals surface area contributed by atoms with E-state index in [1.54, 1.807) is 24.3 Å². The van der Waals surface area contributed by atoms with E-state index in [1.807, 2.05) is 0 Å². The first-order chi connectivity index (χ1) is 6.68. The number of anilines is 1. The van der Waals surface area contributed by atoms with Crippen LogP contribution in [0.4, 0.5) is 5.95 Å². The van der Waals surface area contributed by atoms with Gasteiger partial charge in [-0.05, 0) is 12.1 Å². The number of hydrogen-bond acceptors (Lipinski definition) is 5. The van der Waals surface area contributed by atoms with Crippen molar-refractivity contribution in [3.05, 3.63) is 24.3 Å². The quantitative estimate of drug-likeness (QED) is 0.607. The smallest absolute Gasteiger partial charge is 0.240 e. The van der Waals surface area contributed by atoms with Gasteiger partial charge in [-0.2, -0.15) is 4.98 Å². The van der Waals surface area contributed by atoms with Crippen molar-refractivity contribution in [2.75, 3.05) is 5.73 Å². The molecule has 0 bridgehead atoms. The Morgan fingerprint density at radius 3 is 2.64 bits per heavy atom. The topological polar surface area (TPSA) is 77.0 Å². The lowest BCUT2D eigenvalue weighted by Gasteiger charge is -2.03. The minimum Gasteiger partial charge on any atom is -0.506 e. The summed E-state index contributed by atoms with van der Waals surface area (Å²) in [5.41, 5.74) is 5.89. The lowest BCUT2D eigenvalue weighted by atomic mass is 10.3. The van der Waals surface area contributed by atoms with Crippen LogP contribution in [0, 0.1) is 0 Å². The van der Waals surface area contributed by atoms with Crippen LogP contribution >= 0.6 is 12.6 Å². The minimum atomic E-state index is 0.104. The van der Waals surface area contributed by atoms with Gasteiger partial charge in [0.2, 0.25) is 5.95 Å². The van der Waals surface area contributed by atoms with E-state index in [9.17, 15) is 5.11 Å². The molecule has 0 saturated carbocycles. The van der Waals surface area contributed by atoms with Gasteiger partial charge in [-0.1, -0.05) is 12.1 Å². The number of nitrogens with two attached hydrogens (primary N) is 1. The molecule has 0 aliphatic rings. The maximum absolute atomic E-state index is 9.53. The molecule has 0 fully saturated rings. The Balaban J connectivity index is 2.60. The Kier molecular flexibility index (Phi) is 2.05. The number of aromatic hydroxyl groups is 1. The molecule has 2 rings (SSSR count). The third kappa shape index (κ3) is 1.39. The van der Waals surface area contributed by atoms with E-state index in [2.05, 4.69) is 22.7 Å². The number of benzene rings is 1. The summed E-state index contributed by atoms with van der Waals surface area (Å²) < 4.78 is 1.37. The summed E-state index contributed by atoms with van der Waals surface area (Å²) >= 11 is 4.08. The third-order valence-corrected chi connectivity index (χ3v) is 2.01. The zero-order valence-electron chi connectivity index (χ0n) is 7.12. The van der Waals surface area contributed by atoms with Crippen molar-refractivity contribution < 1.29 is 5.11 Å². The lowest BCUT2D eigenvalue weighted by molar-refractivity contribution is 0.468. The fourth-order valence-electron chi connectivity index (χ4n) is 1.12. The number of phenolic OH excluding ortho intramolecular Hbond substituents is 1. The van der Waals surface area contributed by atoms with Crippen LogP contribution in [0.5, 0.6) is 5.75 Å². The summed E-state index contributed by atoms with van der Waals surface area (Å²) in [4.78, 5) is 3.81. The maximum Gasteiger partial charge on any atom is 0.240 e. The normalized spacial score (nSPS) is 10.4. The number of nitrogens with zero attached hydrogens (tertiary/aromatic N) is 3. The van der Waals surface area contributed by atoms with Crippen LogP contribution in [0.3, 0.4) is 0 Å². The highest BCUT2D eigenvalue weighted by Gasteiger charge is 2.09. The molecule has 0 radical (unpaired) electrons. The largest absolute Gasteiger partial charge is 0.506 e. The Hall–Kier alpha value is -1.69. The van der Waals surface area contributed by atoms with Crippen molar-refractivity contribution in [1.82, 2.24) is 14.8 Å². The molecule has 72 valence electrons. The molecule has 0 spiro atoms. The molecule has 6 heteroatoms. The molecule has 1 aromatic carbocycles. The van der Waals surface area contributed by atoms with Gasteiger partial charge in [0.1, 0.15) is 11.4 Å². The van der Waals surface area contributed by atoms with Crippen molar-refractivity contribution in [3.63, 3.8) is 0 Å². The Morgan fingerprint density at radius 1 is 1.36 bits per heavy atom. The second-order valence-corrected chi connectivity index (χ2v) is 3.07. The molecule has 0 saturated heterocycles. The number of nitrogen functional groups attached to an aromatic ring is 1. The van der Waals surface area contributed by atoms with Crippen LogP contribution in [-0.4, -0.2) is 19.9 Å². The van der Waals surface area contributed by atoms with E-state index in [0.29, 0.717) is 10.8 Å². The van der Waals surface area contributed by atoms with Gasteiger partial charge in [0.05, 0.1) is 0 Å². The lowest BCUT2D eigenvalue weighted by Crippen LogP contribution is -1.98. The highest BCUT2D eigenvalue weighted by molar-refractivity contribution is 7.80. The Morgan fingerprint density at radius 2 is 2.07 bits per heavy atom. The highest BCUT2D eigenvalue weighted by Crippen LogP contribution is 2.22. The number of aromatic nitrogens is 3. The van der Waals surface area contributed by atoms with E-state index in [-0.39, 0.29) is 11.7 Å². The fourth-order valence-corrected chi connectivity index (χ4v) is 1.38. The van der Waals surface area contributed by atoms with Crippen molar-refractivity contribution in [2.45, 2.75) is 5.16 Å². The summed E-state index contributed by atoms with van der Waals surface area (Å²) in [6.45, 7) is 0. The molecule has 0 amide bonds. The Bertz CT molecular complexity index is 468.